The molecule has 18 heavy (non-hydrogen) atoms. The van der Waals surface area contributed by atoms with Crippen molar-refractivity contribution in [3.63, 3.8) is 0 Å². The second kappa shape index (κ2) is 6.54. The van der Waals surface area contributed by atoms with E-state index in [0.717, 1.165) is 25.2 Å². The Morgan fingerprint density at radius 3 is 2.72 bits per heavy atom. The highest BCUT2D eigenvalue weighted by Crippen LogP contribution is 2.11. The predicted octanol–water partition coefficient (Wildman–Crippen LogP) is 1.61. The molecular formula is C13H25N5. The molecule has 0 radical (unpaired) electrons. The Hall–Kier alpha value is -1.36. The standard InChI is InChI=1S/C13H25N5/c1-5-11-8-12(18(6-2)16-11)9-17(4)10(3)7-13(14)15/h8,10H,5-7,9H2,1-4H3,(H3,14,15). The first-order valence-electron chi connectivity index (χ1n) is 6.56. The molecule has 1 rings (SSSR count). The van der Waals surface area contributed by atoms with E-state index in [1.54, 1.807) is 0 Å². The van der Waals surface area contributed by atoms with Crippen LogP contribution in [0.25, 0.3) is 0 Å². The van der Waals surface area contributed by atoms with Crippen molar-refractivity contribution in [3.05, 3.63) is 17.5 Å². The van der Waals surface area contributed by atoms with Crippen LogP contribution in [0.5, 0.6) is 0 Å². The Labute approximate surface area is 109 Å². The van der Waals surface area contributed by atoms with E-state index < -0.39 is 0 Å². The van der Waals surface area contributed by atoms with Crippen LogP contribution < -0.4 is 5.73 Å². The number of rotatable bonds is 7. The van der Waals surface area contributed by atoms with Crippen LogP contribution in [0.3, 0.4) is 0 Å². The van der Waals surface area contributed by atoms with Gasteiger partial charge in [-0.05, 0) is 33.4 Å². The number of amidine groups is 1. The van der Waals surface area contributed by atoms with Crippen molar-refractivity contribution in [2.24, 2.45) is 5.73 Å². The number of nitrogens with two attached hydrogens (primary N) is 1. The molecule has 0 aliphatic rings. The molecule has 1 aromatic heterocycles. The largest absolute Gasteiger partial charge is 0.388 e. The Balaban J connectivity index is 2.71. The van der Waals surface area contributed by atoms with E-state index in [1.165, 1.54) is 5.69 Å². The summed E-state index contributed by atoms with van der Waals surface area (Å²) in [6.07, 6.45) is 1.57. The van der Waals surface area contributed by atoms with Crippen molar-refractivity contribution >= 4 is 5.84 Å². The van der Waals surface area contributed by atoms with Crippen molar-refractivity contribution in [2.45, 2.75) is 52.7 Å². The zero-order chi connectivity index (χ0) is 13.7. The lowest BCUT2D eigenvalue weighted by molar-refractivity contribution is 0.247. The van der Waals surface area contributed by atoms with Crippen LogP contribution in [-0.4, -0.2) is 33.6 Å². The molecular weight excluding hydrogens is 226 g/mol. The smallest absolute Gasteiger partial charge is 0.0920 e. The first-order valence-corrected chi connectivity index (χ1v) is 6.56. The summed E-state index contributed by atoms with van der Waals surface area (Å²) in [6, 6.07) is 2.44. The molecule has 0 aromatic carbocycles. The molecule has 0 spiro atoms. The summed E-state index contributed by atoms with van der Waals surface area (Å²) in [5, 5.41) is 11.9. The number of hydrogen-bond acceptors (Lipinski definition) is 3. The third-order valence-corrected chi connectivity index (χ3v) is 3.25. The molecule has 0 saturated carbocycles. The van der Waals surface area contributed by atoms with E-state index in [9.17, 15) is 0 Å². The minimum Gasteiger partial charge on any atom is -0.388 e. The van der Waals surface area contributed by atoms with Gasteiger partial charge in [-0.2, -0.15) is 5.10 Å². The fourth-order valence-corrected chi connectivity index (χ4v) is 1.97. The summed E-state index contributed by atoms with van der Waals surface area (Å²) < 4.78 is 2.05. The molecule has 3 N–H and O–H groups in total. The van der Waals surface area contributed by atoms with Crippen LogP contribution in [0.15, 0.2) is 6.07 Å². The van der Waals surface area contributed by atoms with Gasteiger partial charge in [-0.3, -0.25) is 15.0 Å². The van der Waals surface area contributed by atoms with Gasteiger partial charge in [0.05, 0.1) is 17.2 Å². The van der Waals surface area contributed by atoms with Gasteiger partial charge in [0.2, 0.25) is 0 Å². The lowest BCUT2D eigenvalue weighted by atomic mass is 10.2. The zero-order valence-electron chi connectivity index (χ0n) is 11.9. The summed E-state index contributed by atoms with van der Waals surface area (Å²) >= 11 is 0. The normalized spacial score (nSPS) is 12.9. The van der Waals surface area contributed by atoms with E-state index in [0.29, 0.717) is 6.42 Å². The highest BCUT2D eigenvalue weighted by Gasteiger charge is 2.14. The summed E-state index contributed by atoms with van der Waals surface area (Å²) in [5.74, 6) is 0.243. The average molecular weight is 251 g/mol. The van der Waals surface area contributed by atoms with E-state index in [1.807, 2.05) is 0 Å². The minimum atomic E-state index is 0.243. The van der Waals surface area contributed by atoms with Crippen LogP contribution in [0, 0.1) is 5.41 Å². The molecule has 1 unspecified atom stereocenters. The lowest BCUT2D eigenvalue weighted by Crippen LogP contribution is -2.33. The molecule has 5 heteroatoms. The van der Waals surface area contributed by atoms with Gasteiger partial charge in [-0.15, -0.1) is 0 Å². The zero-order valence-corrected chi connectivity index (χ0v) is 11.9. The van der Waals surface area contributed by atoms with Crippen LogP contribution in [0.1, 0.15) is 38.6 Å². The van der Waals surface area contributed by atoms with Gasteiger partial charge in [0.1, 0.15) is 0 Å². The number of nitrogens with zero attached hydrogens (tertiary/aromatic N) is 3. The molecule has 1 aromatic rings. The molecule has 102 valence electrons. The van der Waals surface area contributed by atoms with E-state index in [-0.39, 0.29) is 11.9 Å². The predicted molar refractivity (Wildman–Crippen MR) is 74.7 cm³/mol. The first-order chi connectivity index (χ1) is 8.47. The van der Waals surface area contributed by atoms with Crippen LogP contribution in [0.2, 0.25) is 0 Å². The lowest BCUT2D eigenvalue weighted by Gasteiger charge is -2.24. The summed E-state index contributed by atoms with van der Waals surface area (Å²) in [5.41, 5.74) is 7.81. The fourth-order valence-electron chi connectivity index (χ4n) is 1.97. The maximum atomic E-state index is 7.34. The molecule has 0 fully saturated rings. The number of aryl methyl sites for hydroxylation is 2. The summed E-state index contributed by atoms with van der Waals surface area (Å²) in [7, 11) is 2.06. The van der Waals surface area contributed by atoms with Crippen LogP contribution >= 0.6 is 0 Å². The molecule has 1 atom stereocenters. The van der Waals surface area contributed by atoms with Crippen molar-refractivity contribution in [3.8, 4) is 0 Å². The fraction of sp³-hybridized carbons (Fsp3) is 0.692. The maximum absolute atomic E-state index is 7.34. The Morgan fingerprint density at radius 2 is 2.22 bits per heavy atom. The Bertz CT molecular complexity index is 396. The van der Waals surface area contributed by atoms with Gasteiger partial charge < -0.3 is 5.73 Å². The number of nitrogens with one attached hydrogen (secondary N) is 1. The first kappa shape index (κ1) is 14.7. The van der Waals surface area contributed by atoms with Crippen molar-refractivity contribution in [2.75, 3.05) is 7.05 Å². The van der Waals surface area contributed by atoms with Gasteiger partial charge in [0.25, 0.3) is 0 Å². The van der Waals surface area contributed by atoms with Gasteiger partial charge in [0.15, 0.2) is 0 Å². The molecule has 1 heterocycles. The topological polar surface area (TPSA) is 70.9 Å². The summed E-state index contributed by atoms with van der Waals surface area (Å²) in [6.45, 7) is 8.05. The van der Waals surface area contributed by atoms with Gasteiger partial charge >= 0.3 is 0 Å². The quantitative estimate of drug-likeness (QED) is 0.571. The second-order valence-corrected chi connectivity index (χ2v) is 4.79. The number of aromatic nitrogens is 2. The van der Waals surface area contributed by atoms with Crippen molar-refractivity contribution in [1.82, 2.24) is 14.7 Å². The Kier molecular flexibility index (Phi) is 5.34. The van der Waals surface area contributed by atoms with Gasteiger partial charge in [-0.1, -0.05) is 6.92 Å². The highest BCUT2D eigenvalue weighted by molar-refractivity contribution is 5.77. The van der Waals surface area contributed by atoms with Crippen molar-refractivity contribution in [1.29, 1.82) is 5.41 Å². The molecule has 0 amide bonds. The Morgan fingerprint density at radius 1 is 1.56 bits per heavy atom. The van der Waals surface area contributed by atoms with E-state index in [2.05, 4.69) is 48.6 Å². The monoisotopic (exact) mass is 251 g/mol. The van der Waals surface area contributed by atoms with Crippen LogP contribution in [0.4, 0.5) is 0 Å². The maximum Gasteiger partial charge on any atom is 0.0920 e. The average Bonchev–Trinajstić information content (AvgIpc) is 2.70. The van der Waals surface area contributed by atoms with Gasteiger partial charge in [0, 0.05) is 25.6 Å². The second-order valence-electron chi connectivity index (χ2n) is 4.79. The third-order valence-electron chi connectivity index (χ3n) is 3.25. The van der Waals surface area contributed by atoms with E-state index in [4.69, 9.17) is 11.1 Å². The summed E-state index contributed by atoms with van der Waals surface area (Å²) in [4.78, 5) is 2.21. The van der Waals surface area contributed by atoms with E-state index >= 15 is 0 Å². The minimum absolute atomic E-state index is 0.243. The molecule has 0 aliphatic carbocycles. The molecule has 0 saturated heterocycles. The third kappa shape index (κ3) is 3.84. The highest BCUT2D eigenvalue weighted by atomic mass is 15.3. The SMILES string of the molecule is CCc1cc(CN(C)C(C)CC(=N)N)n(CC)n1. The van der Waals surface area contributed by atoms with Crippen LogP contribution in [-0.2, 0) is 19.5 Å². The number of hydrogen-bond donors (Lipinski definition) is 2. The molecule has 5 nitrogen and oxygen atoms in total. The van der Waals surface area contributed by atoms with Gasteiger partial charge in [-0.25, -0.2) is 0 Å². The molecule has 0 aliphatic heterocycles. The van der Waals surface area contributed by atoms with Crippen molar-refractivity contribution < 1.29 is 0 Å². The molecule has 0 bridgehead atoms.